The van der Waals surface area contributed by atoms with Crippen molar-refractivity contribution in [2.24, 2.45) is 0 Å². The molecule has 0 saturated carbocycles. The molecule has 2 aromatic rings. The first-order valence-corrected chi connectivity index (χ1v) is 8.80. The number of phenols is 2. The number of nitrogens with one attached hydrogen (secondary N) is 1. The number of likely N-dealkylation sites (N-methyl/N-ethyl adjacent to an activating group) is 1. The largest absolute Gasteiger partial charge is 0.504 e. The molecule has 5 heteroatoms. The second kappa shape index (κ2) is 8.04. The van der Waals surface area contributed by atoms with Crippen LogP contribution in [0.5, 0.6) is 11.5 Å². The minimum Gasteiger partial charge on any atom is -0.504 e. The summed E-state index contributed by atoms with van der Waals surface area (Å²) in [5.41, 5.74) is 2.17. The number of hydrogen-bond donors (Lipinski definition) is 3. The van der Waals surface area contributed by atoms with Gasteiger partial charge in [-0.15, -0.1) is 23.7 Å². The lowest BCUT2D eigenvalue weighted by atomic mass is 9.77. The van der Waals surface area contributed by atoms with Crippen LogP contribution in [0.4, 0.5) is 0 Å². The molecule has 0 aliphatic heterocycles. The first-order valence-electron chi connectivity index (χ1n) is 7.92. The van der Waals surface area contributed by atoms with Crippen LogP contribution in [0.25, 0.3) is 0 Å². The van der Waals surface area contributed by atoms with Crippen LogP contribution in [0.15, 0.2) is 29.6 Å². The molecule has 23 heavy (non-hydrogen) atoms. The second-order valence-corrected chi connectivity index (χ2v) is 7.08. The van der Waals surface area contributed by atoms with Gasteiger partial charge >= 0.3 is 0 Å². The van der Waals surface area contributed by atoms with E-state index in [1.807, 2.05) is 24.5 Å². The maximum Gasteiger partial charge on any atom is 0.160 e. The van der Waals surface area contributed by atoms with Crippen LogP contribution in [0, 0.1) is 0 Å². The molecule has 1 aromatic heterocycles. The lowest BCUT2D eigenvalue weighted by Gasteiger charge is -2.29. The van der Waals surface area contributed by atoms with Gasteiger partial charge in [-0.1, -0.05) is 12.1 Å². The summed E-state index contributed by atoms with van der Waals surface area (Å²) in [5, 5.41) is 25.3. The highest BCUT2D eigenvalue weighted by atomic mass is 35.5. The Hall–Kier alpha value is -1.23. The molecule has 0 amide bonds. The number of benzene rings is 1. The van der Waals surface area contributed by atoms with Crippen molar-refractivity contribution in [2.45, 2.75) is 37.5 Å². The monoisotopic (exact) mass is 353 g/mol. The summed E-state index contributed by atoms with van der Waals surface area (Å²) in [6.07, 6.45) is 4.18. The molecule has 1 aliphatic rings. The summed E-state index contributed by atoms with van der Waals surface area (Å²) in [4.78, 5) is 1.42. The van der Waals surface area contributed by atoms with Crippen LogP contribution in [-0.2, 0) is 6.42 Å². The molecule has 0 saturated heterocycles. The number of fused-ring (bicyclic) bond motifs is 1. The molecule has 2 atom stereocenters. The van der Waals surface area contributed by atoms with E-state index in [0.717, 1.165) is 37.8 Å². The van der Waals surface area contributed by atoms with E-state index in [1.54, 1.807) is 6.07 Å². The Morgan fingerprint density at radius 3 is 2.83 bits per heavy atom. The topological polar surface area (TPSA) is 52.5 Å². The molecule has 0 radical (unpaired) electrons. The number of aromatic hydroxyl groups is 2. The van der Waals surface area contributed by atoms with Crippen LogP contribution < -0.4 is 5.32 Å². The van der Waals surface area contributed by atoms with E-state index < -0.39 is 0 Å². The van der Waals surface area contributed by atoms with E-state index in [1.165, 1.54) is 10.4 Å². The number of thiophene rings is 1. The highest BCUT2D eigenvalue weighted by molar-refractivity contribution is 7.10. The van der Waals surface area contributed by atoms with Crippen molar-refractivity contribution in [2.75, 3.05) is 13.6 Å². The molecule has 3 nitrogen and oxygen atoms in total. The Morgan fingerprint density at radius 1 is 1.30 bits per heavy atom. The van der Waals surface area contributed by atoms with E-state index in [-0.39, 0.29) is 23.9 Å². The van der Waals surface area contributed by atoms with E-state index >= 15 is 0 Å². The molecule has 0 fully saturated rings. The number of rotatable bonds is 5. The molecule has 1 aliphatic carbocycles. The van der Waals surface area contributed by atoms with E-state index in [4.69, 9.17) is 0 Å². The third-order valence-electron chi connectivity index (χ3n) is 4.68. The zero-order chi connectivity index (χ0) is 15.5. The Balaban J connectivity index is 0.00000192. The Kier molecular flexibility index (Phi) is 6.33. The molecular weight excluding hydrogens is 330 g/mol. The molecular formula is C18H24ClNO2S. The summed E-state index contributed by atoms with van der Waals surface area (Å²) >= 11 is 1.82. The van der Waals surface area contributed by atoms with Crippen LogP contribution in [0.2, 0.25) is 0 Å². The molecule has 0 bridgehead atoms. The van der Waals surface area contributed by atoms with Crippen LogP contribution >= 0.6 is 23.7 Å². The van der Waals surface area contributed by atoms with Gasteiger partial charge in [0.15, 0.2) is 11.5 Å². The number of phenolic OH excluding ortho intramolecular Hbond substituents is 2. The SMILES string of the molecule is CNCC(CC1CCCc2c1ccc(O)c2O)c1cccs1.Cl. The van der Waals surface area contributed by atoms with Gasteiger partial charge in [-0.3, -0.25) is 0 Å². The zero-order valence-corrected chi connectivity index (χ0v) is 14.9. The van der Waals surface area contributed by atoms with Crippen molar-refractivity contribution >= 4 is 23.7 Å². The van der Waals surface area contributed by atoms with Crippen LogP contribution in [0.1, 0.15) is 47.1 Å². The predicted octanol–water partition coefficient (Wildman–Crippen LogP) is 4.39. The predicted molar refractivity (Wildman–Crippen MR) is 98.3 cm³/mol. The fourth-order valence-corrected chi connectivity index (χ4v) is 4.47. The van der Waals surface area contributed by atoms with Gasteiger partial charge in [0.2, 0.25) is 0 Å². The summed E-state index contributed by atoms with van der Waals surface area (Å²) in [6, 6.07) is 7.95. The van der Waals surface area contributed by atoms with E-state index in [0.29, 0.717) is 11.8 Å². The third-order valence-corrected chi connectivity index (χ3v) is 5.72. The first-order chi connectivity index (χ1) is 10.7. The van der Waals surface area contributed by atoms with Gasteiger partial charge in [0.1, 0.15) is 0 Å². The van der Waals surface area contributed by atoms with Gasteiger partial charge in [-0.05, 0) is 61.7 Å². The molecule has 3 N–H and O–H groups in total. The molecule has 2 unspecified atom stereocenters. The van der Waals surface area contributed by atoms with Gasteiger partial charge in [0, 0.05) is 22.9 Å². The maximum atomic E-state index is 10.1. The van der Waals surface area contributed by atoms with Gasteiger partial charge < -0.3 is 15.5 Å². The minimum atomic E-state index is 0. The zero-order valence-electron chi connectivity index (χ0n) is 13.3. The Labute approximate surface area is 147 Å². The van der Waals surface area contributed by atoms with Crippen molar-refractivity contribution in [1.29, 1.82) is 0 Å². The standard InChI is InChI=1S/C18H23NO2S.ClH/c1-19-11-13(17-6-3-9-22-17)10-12-4-2-5-15-14(12)7-8-16(20)18(15)21;/h3,6-9,12-13,19-21H,2,4-5,10-11H2,1H3;1H. The Bertz CT molecular complexity index is 630. The minimum absolute atomic E-state index is 0. The smallest absolute Gasteiger partial charge is 0.160 e. The third kappa shape index (κ3) is 3.82. The van der Waals surface area contributed by atoms with Crippen molar-refractivity contribution < 1.29 is 10.2 Å². The van der Waals surface area contributed by atoms with Crippen molar-refractivity contribution in [3.05, 3.63) is 45.6 Å². The molecule has 126 valence electrons. The second-order valence-electron chi connectivity index (χ2n) is 6.10. The molecule has 1 aromatic carbocycles. The normalized spacial score (nSPS) is 18.0. The van der Waals surface area contributed by atoms with Crippen molar-refractivity contribution in [1.82, 2.24) is 5.32 Å². The van der Waals surface area contributed by atoms with Gasteiger partial charge in [-0.2, -0.15) is 0 Å². The van der Waals surface area contributed by atoms with Gasteiger partial charge in [0.05, 0.1) is 0 Å². The lowest BCUT2D eigenvalue weighted by Crippen LogP contribution is -2.20. The highest BCUT2D eigenvalue weighted by Crippen LogP contribution is 2.44. The number of halogens is 1. The van der Waals surface area contributed by atoms with Gasteiger partial charge in [-0.25, -0.2) is 0 Å². The average molecular weight is 354 g/mol. The molecule has 0 spiro atoms. The Morgan fingerprint density at radius 2 is 2.13 bits per heavy atom. The van der Waals surface area contributed by atoms with Crippen LogP contribution in [0.3, 0.4) is 0 Å². The summed E-state index contributed by atoms with van der Waals surface area (Å²) in [5.74, 6) is 1.04. The fourth-order valence-electron chi connectivity index (χ4n) is 3.62. The lowest BCUT2D eigenvalue weighted by molar-refractivity contribution is 0.389. The summed E-state index contributed by atoms with van der Waals surface area (Å²) < 4.78 is 0. The maximum absolute atomic E-state index is 10.1. The average Bonchev–Trinajstić information content (AvgIpc) is 3.05. The molecule has 3 rings (SSSR count). The quantitative estimate of drug-likeness (QED) is 0.698. The van der Waals surface area contributed by atoms with Crippen LogP contribution in [-0.4, -0.2) is 23.8 Å². The van der Waals surface area contributed by atoms with Crippen molar-refractivity contribution in [3.63, 3.8) is 0 Å². The van der Waals surface area contributed by atoms with E-state index in [9.17, 15) is 10.2 Å². The van der Waals surface area contributed by atoms with Crippen molar-refractivity contribution in [3.8, 4) is 11.5 Å². The highest BCUT2D eigenvalue weighted by Gasteiger charge is 2.27. The summed E-state index contributed by atoms with van der Waals surface area (Å²) in [7, 11) is 2.00. The van der Waals surface area contributed by atoms with Gasteiger partial charge in [0.25, 0.3) is 0 Å². The first kappa shape index (κ1) is 18.1. The fraction of sp³-hybridized carbons (Fsp3) is 0.444. The van der Waals surface area contributed by atoms with E-state index in [2.05, 4.69) is 22.8 Å². The number of hydrogen-bond acceptors (Lipinski definition) is 4. The summed E-state index contributed by atoms with van der Waals surface area (Å²) in [6.45, 7) is 0.969. The molecule has 1 heterocycles.